The molecule has 0 spiro atoms. The second-order valence-corrected chi connectivity index (χ2v) is 4.46. The minimum absolute atomic E-state index is 0. The Balaban J connectivity index is 0.00000180. The molecule has 0 atom stereocenters. The SMILES string of the molecule is CNCC(=O)N(C)Cc1ccc2ccccc2c1.Cl. The summed E-state index contributed by atoms with van der Waals surface area (Å²) in [5.41, 5.74) is 1.15. The van der Waals surface area contributed by atoms with E-state index in [1.54, 1.807) is 11.9 Å². The van der Waals surface area contributed by atoms with E-state index in [1.165, 1.54) is 10.8 Å². The van der Waals surface area contributed by atoms with Gasteiger partial charge in [0.15, 0.2) is 0 Å². The standard InChI is InChI=1S/C15H18N2O.ClH/c1-16-10-15(18)17(2)11-12-7-8-13-5-3-4-6-14(13)9-12;/h3-9,16H,10-11H2,1-2H3;1H. The van der Waals surface area contributed by atoms with Gasteiger partial charge in [0.2, 0.25) is 5.91 Å². The molecule has 2 rings (SSSR count). The van der Waals surface area contributed by atoms with Gasteiger partial charge in [0.05, 0.1) is 6.54 Å². The normalized spacial score (nSPS) is 10.0. The topological polar surface area (TPSA) is 32.3 Å². The molecule has 0 aromatic heterocycles. The number of fused-ring (bicyclic) bond motifs is 1. The molecular formula is C15H19ClN2O. The molecule has 4 heteroatoms. The average molecular weight is 279 g/mol. The Morgan fingerprint density at radius 1 is 1.16 bits per heavy atom. The first-order chi connectivity index (χ1) is 8.70. The Hall–Kier alpha value is -1.58. The molecule has 0 saturated carbocycles. The zero-order valence-electron chi connectivity index (χ0n) is 11.2. The molecule has 0 aliphatic heterocycles. The molecule has 0 fully saturated rings. The summed E-state index contributed by atoms with van der Waals surface area (Å²) in [5, 5.41) is 5.31. The summed E-state index contributed by atoms with van der Waals surface area (Å²) in [6.07, 6.45) is 0. The van der Waals surface area contributed by atoms with Gasteiger partial charge in [0.25, 0.3) is 0 Å². The lowest BCUT2D eigenvalue weighted by Gasteiger charge is -2.17. The lowest BCUT2D eigenvalue weighted by molar-refractivity contribution is -0.129. The van der Waals surface area contributed by atoms with Crippen molar-refractivity contribution in [2.75, 3.05) is 20.6 Å². The van der Waals surface area contributed by atoms with Crippen LogP contribution in [0.1, 0.15) is 5.56 Å². The minimum Gasteiger partial charge on any atom is -0.340 e. The third-order valence-corrected chi connectivity index (χ3v) is 2.99. The van der Waals surface area contributed by atoms with Crippen molar-refractivity contribution >= 4 is 29.1 Å². The maximum absolute atomic E-state index is 11.7. The van der Waals surface area contributed by atoms with Crippen LogP contribution >= 0.6 is 12.4 Å². The molecule has 2 aromatic carbocycles. The zero-order chi connectivity index (χ0) is 13.0. The van der Waals surface area contributed by atoms with E-state index in [0.717, 1.165) is 5.56 Å². The number of amides is 1. The average Bonchev–Trinajstić information content (AvgIpc) is 2.39. The van der Waals surface area contributed by atoms with Crippen molar-refractivity contribution in [3.63, 3.8) is 0 Å². The molecule has 0 bridgehead atoms. The Morgan fingerprint density at radius 2 is 1.84 bits per heavy atom. The number of carbonyl (C=O) groups excluding carboxylic acids is 1. The van der Waals surface area contributed by atoms with Gasteiger partial charge in [-0.2, -0.15) is 0 Å². The van der Waals surface area contributed by atoms with Crippen LogP contribution < -0.4 is 5.32 Å². The molecule has 0 heterocycles. The van der Waals surface area contributed by atoms with E-state index in [9.17, 15) is 4.79 Å². The van der Waals surface area contributed by atoms with Crippen molar-refractivity contribution in [1.82, 2.24) is 10.2 Å². The third-order valence-electron chi connectivity index (χ3n) is 2.99. The van der Waals surface area contributed by atoms with Gasteiger partial charge in [0, 0.05) is 13.6 Å². The van der Waals surface area contributed by atoms with Gasteiger partial charge < -0.3 is 10.2 Å². The Bertz CT molecular complexity index is 557. The molecule has 1 amide bonds. The number of rotatable bonds is 4. The highest BCUT2D eigenvalue weighted by molar-refractivity contribution is 5.85. The van der Waals surface area contributed by atoms with Crippen LogP contribution in [0.5, 0.6) is 0 Å². The highest BCUT2D eigenvalue weighted by Crippen LogP contribution is 2.16. The van der Waals surface area contributed by atoms with Gasteiger partial charge in [-0.1, -0.05) is 36.4 Å². The van der Waals surface area contributed by atoms with E-state index in [2.05, 4.69) is 35.6 Å². The number of hydrogen-bond donors (Lipinski definition) is 1. The smallest absolute Gasteiger partial charge is 0.236 e. The fourth-order valence-corrected chi connectivity index (χ4v) is 1.99. The van der Waals surface area contributed by atoms with Crippen LogP contribution in [0.2, 0.25) is 0 Å². The van der Waals surface area contributed by atoms with Crippen molar-refractivity contribution in [2.24, 2.45) is 0 Å². The minimum atomic E-state index is 0. The number of nitrogens with zero attached hydrogens (tertiary/aromatic N) is 1. The number of likely N-dealkylation sites (N-methyl/N-ethyl adjacent to an activating group) is 2. The van der Waals surface area contributed by atoms with Gasteiger partial charge in [-0.05, 0) is 29.4 Å². The summed E-state index contributed by atoms with van der Waals surface area (Å²) in [6, 6.07) is 14.6. The van der Waals surface area contributed by atoms with Crippen molar-refractivity contribution in [3.8, 4) is 0 Å². The first-order valence-electron chi connectivity index (χ1n) is 6.07. The number of nitrogens with one attached hydrogen (secondary N) is 1. The highest BCUT2D eigenvalue weighted by atomic mass is 35.5. The highest BCUT2D eigenvalue weighted by Gasteiger charge is 2.07. The second kappa shape index (κ2) is 7.12. The largest absolute Gasteiger partial charge is 0.340 e. The molecule has 19 heavy (non-hydrogen) atoms. The van der Waals surface area contributed by atoms with Crippen molar-refractivity contribution in [1.29, 1.82) is 0 Å². The van der Waals surface area contributed by atoms with Crippen LogP contribution in [0.15, 0.2) is 42.5 Å². The quantitative estimate of drug-likeness (QED) is 0.932. The summed E-state index contributed by atoms with van der Waals surface area (Å²) < 4.78 is 0. The summed E-state index contributed by atoms with van der Waals surface area (Å²) in [5.74, 6) is 0.102. The van der Waals surface area contributed by atoms with E-state index < -0.39 is 0 Å². The Kier molecular flexibility index (Phi) is 5.80. The van der Waals surface area contributed by atoms with Gasteiger partial charge in [-0.3, -0.25) is 4.79 Å². The van der Waals surface area contributed by atoms with Crippen LogP contribution in [0.4, 0.5) is 0 Å². The molecular weight excluding hydrogens is 260 g/mol. The van der Waals surface area contributed by atoms with Crippen LogP contribution in [0.25, 0.3) is 10.8 Å². The number of halogens is 1. The molecule has 0 radical (unpaired) electrons. The zero-order valence-corrected chi connectivity index (χ0v) is 12.0. The number of hydrogen-bond acceptors (Lipinski definition) is 2. The first kappa shape index (κ1) is 15.5. The maximum atomic E-state index is 11.7. The second-order valence-electron chi connectivity index (χ2n) is 4.46. The number of benzene rings is 2. The van der Waals surface area contributed by atoms with Crippen molar-refractivity contribution < 1.29 is 4.79 Å². The fraction of sp³-hybridized carbons (Fsp3) is 0.267. The molecule has 0 saturated heterocycles. The van der Waals surface area contributed by atoms with Crippen molar-refractivity contribution in [3.05, 3.63) is 48.0 Å². The van der Waals surface area contributed by atoms with Gasteiger partial charge >= 0.3 is 0 Å². The van der Waals surface area contributed by atoms with Crippen LogP contribution in [-0.4, -0.2) is 31.4 Å². The molecule has 3 nitrogen and oxygen atoms in total. The van der Waals surface area contributed by atoms with Crippen LogP contribution in [0, 0.1) is 0 Å². The Morgan fingerprint density at radius 3 is 2.53 bits per heavy atom. The molecule has 1 N–H and O–H groups in total. The van der Waals surface area contributed by atoms with Gasteiger partial charge in [0.1, 0.15) is 0 Å². The molecule has 102 valence electrons. The maximum Gasteiger partial charge on any atom is 0.236 e. The van der Waals surface area contributed by atoms with Gasteiger partial charge in [-0.15, -0.1) is 12.4 Å². The molecule has 0 aliphatic carbocycles. The van der Waals surface area contributed by atoms with Crippen LogP contribution in [-0.2, 0) is 11.3 Å². The van der Waals surface area contributed by atoms with Crippen molar-refractivity contribution in [2.45, 2.75) is 6.54 Å². The first-order valence-corrected chi connectivity index (χ1v) is 6.07. The van der Waals surface area contributed by atoms with Gasteiger partial charge in [-0.25, -0.2) is 0 Å². The Labute approximate surface area is 120 Å². The van der Waals surface area contributed by atoms with E-state index in [0.29, 0.717) is 13.1 Å². The molecule has 2 aromatic rings. The summed E-state index contributed by atoms with van der Waals surface area (Å²) >= 11 is 0. The summed E-state index contributed by atoms with van der Waals surface area (Å²) in [7, 11) is 3.61. The summed E-state index contributed by atoms with van der Waals surface area (Å²) in [4.78, 5) is 13.4. The lowest BCUT2D eigenvalue weighted by Crippen LogP contribution is -2.33. The van der Waals surface area contributed by atoms with E-state index in [1.807, 2.05) is 19.2 Å². The predicted octanol–water partition coefficient (Wildman–Crippen LogP) is 2.44. The predicted molar refractivity (Wildman–Crippen MR) is 81.6 cm³/mol. The monoisotopic (exact) mass is 278 g/mol. The summed E-state index contributed by atoms with van der Waals surface area (Å²) in [6.45, 7) is 1.02. The number of carbonyl (C=O) groups is 1. The van der Waals surface area contributed by atoms with Crippen LogP contribution in [0.3, 0.4) is 0 Å². The van der Waals surface area contributed by atoms with E-state index >= 15 is 0 Å². The fourth-order valence-electron chi connectivity index (χ4n) is 1.99. The van der Waals surface area contributed by atoms with E-state index in [4.69, 9.17) is 0 Å². The molecule has 0 unspecified atom stereocenters. The third kappa shape index (κ3) is 3.94. The lowest BCUT2D eigenvalue weighted by atomic mass is 10.1. The molecule has 0 aliphatic rings. The van der Waals surface area contributed by atoms with E-state index in [-0.39, 0.29) is 18.3 Å².